The van der Waals surface area contributed by atoms with Crippen molar-refractivity contribution in [2.75, 3.05) is 7.11 Å². The maximum absolute atomic E-state index is 13.5. The zero-order chi connectivity index (χ0) is 18.0. The van der Waals surface area contributed by atoms with Crippen LogP contribution in [0, 0.1) is 5.82 Å². The second-order valence-electron chi connectivity index (χ2n) is 5.42. The maximum Gasteiger partial charge on any atom is 0.260 e. The number of hydrogen-bond acceptors (Lipinski definition) is 5. The third-order valence-electron chi connectivity index (χ3n) is 3.78. The molecule has 128 valence electrons. The van der Waals surface area contributed by atoms with E-state index in [0.29, 0.717) is 12.3 Å². The van der Waals surface area contributed by atoms with Crippen molar-refractivity contribution in [1.29, 1.82) is 0 Å². The van der Waals surface area contributed by atoms with Gasteiger partial charge in [0, 0.05) is 23.9 Å². The van der Waals surface area contributed by atoms with Crippen LogP contribution in [0.5, 0.6) is 11.5 Å². The van der Waals surface area contributed by atoms with Crippen LogP contribution in [0.25, 0.3) is 5.57 Å². The molecule has 7 heteroatoms. The smallest absolute Gasteiger partial charge is 0.260 e. The van der Waals surface area contributed by atoms with Crippen LogP contribution in [-0.4, -0.2) is 24.0 Å². The molecule has 3 rings (SSSR count). The number of fused-ring (bicyclic) bond motifs is 1. The molecule has 2 aromatic rings. The van der Waals surface area contributed by atoms with Crippen LogP contribution < -0.4 is 15.4 Å². The highest BCUT2D eigenvalue weighted by molar-refractivity contribution is 6.30. The lowest BCUT2D eigenvalue weighted by molar-refractivity contribution is -0.114. The molecule has 0 spiro atoms. The van der Waals surface area contributed by atoms with Gasteiger partial charge in [-0.2, -0.15) is 0 Å². The number of nitrogens with one attached hydrogen (secondary N) is 2. The number of ether oxygens (including phenoxy) is 1. The predicted octanol–water partition coefficient (Wildman–Crippen LogP) is 1.94. The van der Waals surface area contributed by atoms with Gasteiger partial charge in [-0.05, 0) is 35.9 Å². The van der Waals surface area contributed by atoms with Crippen molar-refractivity contribution in [1.82, 2.24) is 10.6 Å². The number of carbonyl (C=O) groups is 2. The lowest BCUT2D eigenvalue weighted by Crippen LogP contribution is -2.37. The molecule has 2 aromatic carbocycles. The molecule has 0 atom stereocenters. The molecule has 25 heavy (non-hydrogen) atoms. The molecule has 0 saturated heterocycles. The zero-order valence-corrected chi connectivity index (χ0v) is 13.3. The van der Waals surface area contributed by atoms with Gasteiger partial charge in [0.2, 0.25) is 0 Å². The van der Waals surface area contributed by atoms with Crippen LogP contribution in [0.1, 0.15) is 21.5 Å². The van der Waals surface area contributed by atoms with E-state index in [4.69, 9.17) is 4.74 Å². The van der Waals surface area contributed by atoms with Crippen molar-refractivity contribution >= 4 is 17.4 Å². The minimum Gasteiger partial charge on any atom is -0.504 e. The number of aromatic hydroxyl groups is 1. The number of hydrogen-bond donors (Lipinski definition) is 3. The Morgan fingerprint density at radius 2 is 1.96 bits per heavy atom. The average Bonchev–Trinajstić information content (AvgIpc) is 2.57. The highest BCUT2D eigenvalue weighted by atomic mass is 19.1. The molecule has 2 amide bonds. The van der Waals surface area contributed by atoms with Crippen molar-refractivity contribution in [2.45, 2.75) is 6.54 Å². The van der Waals surface area contributed by atoms with Gasteiger partial charge in [0.25, 0.3) is 11.8 Å². The molecule has 0 fully saturated rings. The van der Waals surface area contributed by atoms with Crippen molar-refractivity contribution < 1.29 is 23.8 Å². The summed E-state index contributed by atoms with van der Waals surface area (Å²) in [6.07, 6.45) is 1.42. The number of methoxy groups -OCH3 is 1. The van der Waals surface area contributed by atoms with E-state index in [1.54, 1.807) is 12.1 Å². The van der Waals surface area contributed by atoms with Crippen LogP contribution in [-0.2, 0) is 11.3 Å². The Kier molecular flexibility index (Phi) is 4.38. The van der Waals surface area contributed by atoms with Crippen LogP contribution in [0.4, 0.5) is 4.39 Å². The Morgan fingerprint density at radius 1 is 1.16 bits per heavy atom. The summed E-state index contributed by atoms with van der Waals surface area (Å²) in [5.41, 5.74) is 1.38. The molecule has 3 N–H and O–H groups in total. The topological polar surface area (TPSA) is 87.7 Å². The SMILES string of the molecule is COc1ccc(CN/C=C2\C(=O)NC(=O)c3ccc(F)cc32)cc1O. The van der Waals surface area contributed by atoms with E-state index in [1.807, 2.05) is 0 Å². The number of phenols is 1. The van der Waals surface area contributed by atoms with Gasteiger partial charge < -0.3 is 15.2 Å². The summed E-state index contributed by atoms with van der Waals surface area (Å²) in [5, 5.41) is 14.9. The Bertz CT molecular complexity index is 893. The van der Waals surface area contributed by atoms with Gasteiger partial charge in [0.05, 0.1) is 12.7 Å². The van der Waals surface area contributed by atoms with Gasteiger partial charge in [-0.1, -0.05) is 6.07 Å². The third kappa shape index (κ3) is 3.30. The Hall–Kier alpha value is -3.35. The number of amides is 2. The summed E-state index contributed by atoms with van der Waals surface area (Å²) in [5.74, 6) is -1.34. The number of benzene rings is 2. The third-order valence-corrected chi connectivity index (χ3v) is 3.78. The normalized spacial score (nSPS) is 14.9. The van der Waals surface area contributed by atoms with Gasteiger partial charge in [-0.3, -0.25) is 14.9 Å². The Balaban J connectivity index is 1.83. The first kappa shape index (κ1) is 16.5. The largest absolute Gasteiger partial charge is 0.504 e. The van der Waals surface area contributed by atoms with Gasteiger partial charge in [-0.25, -0.2) is 4.39 Å². The molecule has 1 heterocycles. The predicted molar refractivity (Wildman–Crippen MR) is 88.3 cm³/mol. The van der Waals surface area contributed by atoms with E-state index in [1.165, 1.54) is 31.5 Å². The number of phenolic OH excluding ortho intramolecular Hbond substituents is 1. The number of carbonyl (C=O) groups excluding carboxylic acids is 2. The summed E-state index contributed by atoms with van der Waals surface area (Å²) in [6.45, 7) is 0.312. The standard InChI is InChI=1S/C18H15FN2O4/c1-25-16-5-2-10(6-15(16)22)8-20-9-14-13-7-11(19)3-4-12(13)17(23)21-18(14)24/h2-7,9,20,22H,8H2,1H3,(H,21,23,24)/b14-9-. The van der Waals surface area contributed by atoms with Gasteiger partial charge in [-0.15, -0.1) is 0 Å². The molecular formula is C18H15FN2O4. The lowest BCUT2D eigenvalue weighted by Gasteiger charge is -2.18. The zero-order valence-electron chi connectivity index (χ0n) is 13.3. The van der Waals surface area contributed by atoms with Crippen molar-refractivity contribution in [3.8, 4) is 11.5 Å². The van der Waals surface area contributed by atoms with Crippen LogP contribution in [0.2, 0.25) is 0 Å². The molecule has 0 radical (unpaired) electrons. The fraction of sp³-hybridized carbons (Fsp3) is 0.111. The molecule has 1 aliphatic heterocycles. The lowest BCUT2D eigenvalue weighted by atomic mass is 9.95. The second-order valence-corrected chi connectivity index (χ2v) is 5.42. The van der Waals surface area contributed by atoms with Crippen molar-refractivity contribution in [2.24, 2.45) is 0 Å². The molecule has 0 aromatic heterocycles. The van der Waals surface area contributed by atoms with E-state index in [-0.39, 0.29) is 22.4 Å². The second kappa shape index (κ2) is 6.64. The molecule has 0 bridgehead atoms. The van der Waals surface area contributed by atoms with Crippen molar-refractivity contribution in [3.63, 3.8) is 0 Å². The highest BCUT2D eigenvalue weighted by Gasteiger charge is 2.27. The van der Waals surface area contributed by atoms with Crippen LogP contribution in [0.15, 0.2) is 42.6 Å². The van der Waals surface area contributed by atoms with Gasteiger partial charge >= 0.3 is 0 Å². The van der Waals surface area contributed by atoms with E-state index in [0.717, 1.165) is 11.6 Å². The number of halogens is 1. The molecule has 0 unspecified atom stereocenters. The highest BCUT2D eigenvalue weighted by Crippen LogP contribution is 2.27. The molecule has 1 aliphatic rings. The first-order valence-corrected chi connectivity index (χ1v) is 7.44. The minimum atomic E-state index is -0.604. The van der Waals surface area contributed by atoms with Gasteiger partial charge in [0.1, 0.15) is 5.82 Å². The number of imide groups is 1. The molecule has 0 saturated carbocycles. The monoisotopic (exact) mass is 342 g/mol. The van der Waals surface area contributed by atoms with E-state index in [9.17, 15) is 19.1 Å². The summed E-state index contributed by atoms with van der Waals surface area (Å²) in [4.78, 5) is 23.8. The summed E-state index contributed by atoms with van der Waals surface area (Å²) < 4.78 is 18.5. The van der Waals surface area contributed by atoms with Gasteiger partial charge in [0.15, 0.2) is 11.5 Å². The van der Waals surface area contributed by atoms with Crippen LogP contribution >= 0.6 is 0 Å². The Morgan fingerprint density at radius 3 is 2.68 bits per heavy atom. The van der Waals surface area contributed by atoms with Crippen molar-refractivity contribution in [3.05, 3.63) is 65.1 Å². The quantitative estimate of drug-likeness (QED) is 0.584. The first-order chi connectivity index (χ1) is 12.0. The van der Waals surface area contributed by atoms with E-state index in [2.05, 4.69) is 10.6 Å². The first-order valence-electron chi connectivity index (χ1n) is 7.44. The fourth-order valence-electron chi connectivity index (χ4n) is 2.56. The van der Waals surface area contributed by atoms with E-state index < -0.39 is 17.6 Å². The minimum absolute atomic E-state index is 0.00266. The van der Waals surface area contributed by atoms with Crippen LogP contribution in [0.3, 0.4) is 0 Å². The summed E-state index contributed by atoms with van der Waals surface area (Å²) in [7, 11) is 1.46. The average molecular weight is 342 g/mol. The Labute approximate surface area is 142 Å². The maximum atomic E-state index is 13.5. The molecule has 6 nitrogen and oxygen atoms in total. The van der Waals surface area contributed by atoms with E-state index >= 15 is 0 Å². The number of rotatable bonds is 4. The fourth-order valence-corrected chi connectivity index (χ4v) is 2.56. The molecular weight excluding hydrogens is 327 g/mol. The molecule has 0 aliphatic carbocycles. The summed E-state index contributed by atoms with van der Waals surface area (Å²) in [6, 6.07) is 8.56. The summed E-state index contributed by atoms with van der Waals surface area (Å²) >= 11 is 0.